The minimum absolute atomic E-state index is 0.609. The van der Waals surface area contributed by atoms with Gasteiger partial charge in [0, 0.05) is 39.8 Å². The Kier molecular flexibility index (Phi) is 8.99. The van der Waals surface area contributed by atoms with Crippen LogP contribution in [0.3, 0.4) is 0 Å². The summed E-state index contributed by atoms with van der Waals surface area (Å²) >= 11 is 0. The van der Waals surface area contributed by atoms with Crippen LogP contribution in [0.2, 0.25) is 0 Å². The first-order chi connectivity index (χ1) is 15.2. The van der Waals surface area contributed by atoms with Crippen molar-refractivity contribution in [3.63, 3.8) is 0 Å². The van der Waals surface area contributed by atoms with Gasteiger partial charge < -0.3 is 24.8 Å². The van der Waals surface area contributed by atoms with Crippen LogP contribution in [0.1, 0.15) is 23.6 Å². The van der Waals surface area contributed by atoms with Crippen LogP contribution < -0.4 is 20.1 Å². The van der Waals surface area contributed by atoms with E-state index in [2.05, 4.69) is 44.8 Å². The average Bonchev–Trinajstić information content (AvgIpc) is 2.81. The maximum absolute atomic E-state index is 5.59. The second-order valence-electron chi connectivity index (χ2n) is 7.35. The lowest BCUT2D eigenvalue weighted by Crippen LogP contribution is -2.37. The summed E-state index contributed by atoms with van der Waals surface area (Å²) in [6.07, 6.45) is 0. The van der Waals surface area contributed by atoms with Crippen LogP contribution in [0, 0.1) is 0 Å². The van der Waals surface area contributed by atoms with E-state index in [0.29, 0.717) is 19.7 Å². The van der Waals surface area contributed by atoms with Gasteiger partial charge in [0.25, 0.3) is 0 Å². The van der Waals surface area contributed by atoms with Crippen LogP contribution in [-0.4, -0.2) is 57.9 Å². The largest absolute Gasteiger partial charge is 0.493 e. The van der Waals surface area contributed by atoms with Crippen molar-refractivity contribution in [2.24, 2.45) is 4.99 Å². The summed E-state index contributed by atoms with van der Waals surface area (Å²) < 4.78 is 16.5. The van der Waals surface area contributed by atoms with Gasteiger partial charge in [0.2, 0.25) is 0 Å². The number of benzene rings is 2. The van der Waals surface area contributed by atoms with Crippen molar-refractivity contribution < 1.29 is 14.2 Å². The molecule has 1 fully saturated rings. The van der Waals surface area contributed by atoms with E-state index in [1.54, 1.807) is 14.2 Å². The van der Waals surface area contributed by atoms with Gasteiger partial charge in [-0.3, -0.25) is 9.89 Å². The zero-order valence-corrected chi connectivity index (χ0v) is 18.8. The Balaban J connectivity index is 1.55. The fourth-order valence-electron chi connectivity index (χ4n) is 3.57. The van der Waals surface area contributed by atoms with Crippen LogP contribution in [0.15, 0.2) is 47.5 Å². The van der Waals surface area contributed by atoms with Gasteiger partial charge in [0.05, 0.1) is 26.9 Å². The van der Waals surface area contributed by atoms with E-state index in [1.165, 1.54) is 11.1 Å². The van der Waals surface area contributed by atoms with Crippen LogP contribution in [-0.2, 0) is 24.4 Å². The third-order valence-electron chi connectivity index (χ3n) is 5.27. The highest BCUT2D eigenvalue weighted by Crippen LogP contribution is 2.27. The Hall–Kier alpha value is -2.77. The van der Waals surface area contributed by atoms with Crippen molar-refractivity contribution in [1.82, 2.24) is 15.5 Å². The second-order valence-corrected chi connectivity index (χ2v) is 7.35. The molecule has 1 heterocycles. The molecule has 2 aromatic rings. The minimum atomic E-state index is 0.609. The van der Waals surface area contributed by atoms with Gasteiger partial charge in [-0.05, 0) is 35.7 Å². The zero-order chi connectivity index (χ0) is 21.9. The first-order valence-electron chi connectivity index (χ1n) is 10.8. The molecular formula is C24H34N4O3. The Labute approximate surface area is 185 Å². The average molecular weight is 427 g/mol. The number of hydrogen-bond acceptors (Lipinski definition) is 5. The molecule has 1 aliphatic heterocycles. The first-order valence-corrected chi connectivity index (χ1v) is 10.8. The SMILES string of the molecule is CCOc1ccc(CNC(=NC)NCc2ccccc2CN2CCOCC2)cc1OC. The number of guanidine groups is 1. The molecule has 0 aromatic heterocycles. The molecule has 168 valence electrons. The highest BCUT2D eigenvalue weighted by Gasteiger charge is 2.13. The number of aliphatic imine (C=N–C) groups is 1. The molecule has 2 N–H and O–H groups in total. The summed E-state index contributed by atoms with van der Waals surface area (Å²) in [4.78, 5) is 6.80. The highest BCUT2D eigenvalue weighted by molar-refractivity contribution is 5.79. The molecule has 31 heavy (non-hydrogen) atoms. The molecule has 2 aromatic carbocycles. The lowest BCUT2D eigenvalue weighted by Gasteiger charge is -2.27. The lowest BCUT2D eigenvalue weighted by molar-refractivity contribution is 0.0341. The third kappa shape index (κ3) is 6.87. The summed E-state index contributed by atoms with van der Waals surface area (Å²) in [5, 5.41) is 6.81. The molecule has 0 aliphatic carbocycles. The topological polar surface area (TPSA) is 67.4 Å². The standard InChI is InChI=1S/C24H34N4O3/c1-4-31-22-10-9-19(15-23(22)29-3)16-26-24(25-2)27-17-20-7-5-6-8-21(20)18-28-11-13-30-14-12-28/h5-10,15H,4,11-14,16-18H2,1-3H3,(H2,25,26,27). The Morgan fingerprint density at radius 3 is 2.48 bits per heavy atom. The van der Waals surface area contributed by atoms with Gasteiger partial charge in [-0.15, -0.1) is 0 Å². The van der Waals surface area contributed by atoms with Gasteiger partial charge in [0.15, 0.2) is 17.5 Å². The Morgan fingerprint density at radius 2 is 1.77 bits per heavy atom. The van der Waals surface area contributed by atoms with Crippen LogP contribution in [0.4, 0.5) is 0 Å². The highest BCUT2D eigenvalue weighted by atomic mass is 16.5. The summed E-state index contributed by atoms with van der Waals surface area (Å²) in [5.41, 5.74) is 3.71. The van der Waals surface area contributed by atoms with Gasteiger partial charge in [0.1, 0.15) is 0 Å². The van der Waals surface area contributed by atoms with E-state index >= 15 is 0 Å². The summed E-state index contributed by atoms with van der Waals surface area (Å²) in [5.74, 6) is 2.25. The number of ether oxygens (including phenoxy) is 3. The molecule has 7 heteroatoms. The van der Waals surface area contributed by atoms with Gasteiger partial charge in [-0.2, -0.15) is 0 Å². The molecule has 0 saturated carbocycles. The zero-order valence-electron chi connectivity index (χ0n) is 18.8. The molecule has 0 amide bonds. The van der Waals surface area contributed by atoms with E-state index in [4.69, 9.17) is 14.2 Å². The van der Waals surface area contributed by atoms with Crippen molar-refractivity contribution in [1.29, 1.82) is 0 Å². The predicted octanol–water partition coefficient (Wildman–Crippen LogP) is 2.79. The number of morpholine rings is 1. The molecule has 1 saturated heterocycles. The maximum Gasteiger partial charge on any atom is 0.191 e. The van der Waals surface area contributed by atoms with E-state index < -0.39 is 0 Å². The lowest BCUT2D eigenvalue weighted by atomic mass is 10.1. The van der Waals surface area contributed by atoms with E-state index in [-0.39, 0.29) is 0 Å². The molecule has 1 aliphatic rings. The van der Waals surface area contributed by atoms with Gasteiger partial charge >= 0.3 is 0 Å². The fraction of sp³-hybridized carbons (Fsp3) is 0.458. The number of methoxy groups -OCH3 is 1. The van der Waals surface area contributed by atoms with Crippen molar-refractivity contribution >= 4 is 5.96 Å². The maximum atomic E-state index is 5.59. The third-order valence-corrected chi connectivity index (χ3v) is 5.27. The molecule has 0 radical (unpaired) electrons. The van der Waals surface area contributed by atoms with Crippen LogP contribution >= 0.6 is 0 Å². The summed E-state index contributed by atoms with van der Waals surface area (Å²) in [6.45, 7) is 8.46. The Morgan fingerprint density at radius 1 is 1.03 bits per heavy atom. The molecule has 0 spiro atoms. The molecule has 0 atom stereocenters. The number of rotatable bonds is 9. The minimum Gasteiger partial charge on any atom is -0.493 e. The molecule has 0 bridgehead atoms. The van der Waals surface area contributed by atoms with Crippen molar-refractivity contribution in [3.8, 4) is 11.5 Å². The molecule has 3 rings (SSSR count). The molecule has 0 unspecified atom stereocenters. The molecular weight excluding hydrogens is 392 g/mol. The van der Waals surface area contributed by atoms with Crippen molar-refractivity contribution in [2.75, 3.05) is 47.1 Å². The quantitative estimate of drug-likeness (QED) is 0.475. The summed E-state index contributed by atoms with van der Waals surface area (Å²) in [6, 6.07) is 14.5. The molecule has 7 nitrogen and oxygen atoms in total. The Bertz CT molecular complexity index is 850. The van der Waals surface area contributed by atoms with Crippen LogP contribution in [0.5, 0.6) is 11.5 Å². The smallest absolute Gasteiger partial charge is 0.191 e. The second kappa shape index (κ2) is 12.2. The summed E-state index contributed by atoms with van der Waals surface area (Å²) in [7, 11) is 3.44. The van der Waals surface area contributed by atoms with E-state index in [0.717, 1.165) is 55.9 Å². The van der Waals surface area contributed by atoms with E-state index in [1.807, 2.05) is 25.1 Å². The number of nitrogens with zero attached hydrogens (tertiary/aromatic N) is 2. The normalized spacial score (nSPS) is 14.9. The first kappa shape index (κ1) is 22.9. The van der Waals surface area contributed by atoms with Crippen LogP contribution in [0.25, 0.3) is 0 Å². The van der Waals surface area contributed by atoms with Crippen molar-refractivity contribution in [2.45, 2.75) is 26.6 Å². The van der Waals surface area contributed by atoms with Gasteiger partial charge in [-0.25, -0.2) is 0 Å². The van der Waals surface area contributed by atoms with Crippen molar-refractivity contribution in [3.05, 3.63) is 59.2 Å². The monoisotopic (exact) mass is 426 g/mol. The number of nitrogens with one attached hydrogen (secondary N) is 2. The van der Waals surface area contributed by atoms with Gasteiger partial charge in [-0.1, -0.05) is 30.3 Å². The predicted molar refractivity (Wildman–Crippen MR) is 124 cm³/mol. The fourth-order valence-corrected chi connectivity index (χ4v) is 3.57. The number of hydrogen-bond donors (Lipinski definition) is 2. The van der Waals surface area contributed by atoms with E-state index in [9.17, 15) is 0 Å².